The summed E-state index contributed by atoms with van der Waals surface area (Å²) in [6.07, 6.45) is 0. The average Bonchev–Trinajstić information content (AvgIpc) is 2.37. The van der Waals surface area contributed by atoms with Crippen LogP contribution in [0.1, 0.15) is 27.0 Å². The minimum Gasteiger partial charge on any atom is -0.322 e. The molecule has 0 saturated carbocycles. The summed E-state index contributed by atoms with van der Waals surface area (Å²) in [7, 11) is 0. The van der Waals surface area contributed by atoms with Crippen molar-refractivity contribution in [2.45, 2.75) is 20.8 Å². The maximum absolute atomic E-state index is 12.2. The summed E-state index contributed by atoms with van der Waals surface area (Å²) in [4.78, 5) is 12.2. The number of carbonyl (C=O) groups excluding carboxylic acids is 1. The summed E-state index contributed by atoms with van der Waals surface area (Å²) in [5.41, 5.74) is 5.11. The molecule has 0 spiro atoms. The van der Waals surface area contributed by atoms with Gasteiger partial charge in [-0.2, -0.15) is 0 Å². The molecule has 0 bridgehead atoms. The summed E-state index contributed by atoms with van der Waals surface area (Å²) < 4.78 is 1.10. The fraction of sp³-hybridized carbons (Fsp3) is 0.188. The molecule has 0 saturated heterocycles. The van der Waals surface area contributed by atoms with Gasteiger partial charge >= 0.3 is 0 Å². The van der Waals surface area contributed by atoms with E-state index in [1.165, 1.54) is 16.7 Å². The standard InChI is InChI=1S/C16H16INO/c1-10-5-7-14(8-12(10)3)18-16(19)13-6-4-11(2)15(17)9-13/h4-9H,1-3H3,(H,18,19). The zero-order valence-corrected chi connectivity index (χ0v) is 13.4. The number of benzene rings is 2. The Kier molecular flexibility index (Phi) is 4.24. The lowest BCUT2D eigenvalue weighted by Gasteiger charge is -2.08. The molecule has 0 atom stereocenters. The Labute approximate surface area is 127 Å². The van der Waals surface area contributed by atoms with Crippen LogP contribution >= 0.6 is 22.6 Å². The van der Waals surface area contributed by atoms with E-state index >= 15 is 0 Å². The summed E-state index contributed by atoms with van der Waals surface area (Å²) in [5.74, 6) is -0.0684. The molecule has 2 aromatic rings. The maximum Gasteiger partial charge on any atom is 0.255 e. The van der Waals surface area contributed by atoms with E-state index in [4.69, 9.17) is 0 Å². The van der Waals surface area contributed by atoms with Crippen LogP contribution in [0.5, 0.6) is 0 Å². The second-order valence-corrected chi connectivity index (χ2v) is 5.88. The third-order valence-corrected chi connectivity index (χ3v) is 4.36. The molecule has 19 heavy (non-hydrogen) atoms. The number of nitrogens with one attached hydrogen (secondary N) is 1. The number of amides is 1. The lowest BCUT2D eigenvalue weighted by atomic mass is 10.1. The zero-order chi connectivity index (χ0) is 14.0. The lowest BCUT2D eigenvalue weighted by Crippen LogP contribution is -2.12. The molecule has 0 aliphatic heterocycles. The smallest absolute Gasteiger partial charge is 0.255 e. The number of carbonyl (C=O) groups is 1. The molecular formula is C16H16INO. The van der Waals surface area contributed by atoms with Gasteiger partial charge in [-0.3, -0.25) is 4.79 Å². The third kappa shape index (κ3) is 3.35. The topological polar surface area (TPSA) is 29.1 Å². The van der Waals surface area contributed by atoms with Gasteiger partial charge in [0.15, 0.2) is 0 Å². The monoisotopic (exact) mass is 365 g/mol. The molecule has 2 rings (SSSR count). The number of hydrogen-bond acceptors (Lipinski definition) is 1. The molecule has 0 unspecified atom stereocenters. The largest absolute Gasteiger partial charge is 0.322 e. The van der Waals surface area contributed by atoms with Gasteiger partial charge in [-0.1, -0.05) is 12.1 Å². The number of anilines is 1. The minimum absolute atomic E-state index is 0.0684. The second kappa shape index (κ2) is 5.74. The van der Waals surface area contributed by atoms with E-state index in [0.717, 1.165) is 9.26 Å². The van der Waals surface area contributed by atoms with Crippen molar-refractivity contribution in [3.05, 3.63) is 62.2 Å². The number of aryl methyl sites for hydroxylation is 3. The highest BCUT2D eigenvalue weighted by atomic mass is 127. The fourth-order valence-corrected chi connectivity index (χ4v) is 2.27. The summed E-state index contributed by atoms with van der Waals surface area (Å²) in [5, 5.41) is 2.93. The van der Waals surface area contributed by atoms with Crippen molar-refractivity contribution in [2.75, 3.05) is 5.32 Å². The van der Waals surface area contributed by atoms with Crippen molar-refractivity contribution in [2.24, 2.45) is 0 Å². The van der Waals surface area contributed by atoms with Crippen LogP contribution in [-0.2, 0) is 0 Å². The molecule has 0 aromatic heterocycles. The number of halogens is 1. The Bertz CT molecular complexity index is 635. The predicted molar refractivity (Wildman–Crippen MR) is 87.8 cm³/mol. The van der Waals surface area contributed by atoms with E-state index in [1.54, 1.807) is 0 Å². The van der Waals surface area contributed by atoms with Gasteiger partial charge in [0.1, 0.15) is 0 Å². The average molecular weight is 365 g/mol. The van der Waals surface area contributed by atoms with Crippen LogP contribution in [0.3, 0.4) is 0 Å². The summed E-state index contributed by atoms with van der Waals surface area (Å²) >= 11 is 2.24. The van der Waals surface area contributed by atoms with E-state index in [2.05, 4.69) is 34.8 Å². The van der Waals surface area contributed by atoms with Gasteiger partial charge in [-0.25, -0.2) is 0 Å². The highest BCUT2D eigenvalue weighted by molar-refractivity contribution is 14.1. The zero-order valence-electron chi connectivity index (χ0n) is 11.3. The van der Waals surface area contributed by atoms with Crippen molar-refractivity contribution in [3.8, 4) is 0 Å². The van der Waals surface area contributed by atoms with Gasteiger partial charge in [0.2, 0.25) is 0 Å². The van der Waals surface area contributed by atoms with Crippen LogP contribution < -0.4 is 5.32 Å². The van der Waals surface area contributed by atoms with E-state index < -0.39 is 0 Å². The Hall–Kier alpha value is -1.36. The van der Waals surface area contributed by atoms with E-state index in [-0.39, 0.29) is 5.91 Å². The highest BCUT2D eigenvalue weighted by Gasteiger charge is 2.08. The van der Waals surface area contributed by atoms with Crippen molar-refractivity contribution < 1.29 is 4.79 Å². The van der Waals surface area contributed by atoms with Gasteiger partial charge in [0.05, 0.1) is 0 Å². The Morgan fingerprint density at radius 2 is 1.63 bits per heavy atom. The molecule has 0 heterocycles. The molecule has 2 aromatic carbocycles. The van der Waals surface area contributed by atoms with Crippen LogP contribution in [0, 0.1) is 24.3 Å². The first-order chi connectivity index (χ1) is 8.97. The third-order valence-electron chi connectivity index (χ3n) is 3.20. The maximum atomic E-state index is 12.2. The number of hydrogen-bond donors (Lipinski definition) is 1. The van der Waals surface area contributed by atoms with Crippen LogP contribution in [-0.4, -0.2) is 5.91 Å². The molecule has 2 nitrogen and oxygen atoms in total. The molecule has 0 radical (unpaired) electrons. The van der Waals surface area contributed by atoms with Crippen LogP contribution in [0.4, 0.5) is 5.69 Å². The first kappa shape index (κ1) is 14.1. The second-order valence-electron chi connectivity index (χ2n) is 4.72. The molecule has 0 aliphatic rings. The number of rotatable bonds is 2. The normalized spacial score (nSPS) is 10.3. The summed E-state index contributed by atoms with van der Waals surface area (Å²) in [6, 6.07) is 11.7. The van der Waals surface area contributed by atoms with E-state index in [0.29, 0.717) is 5.56 Å². The molecule has 0 aliphatic carbocycles. The van der Waals surface area contributed by atoms with Crippen LogP contribution in [0.25, 0.3) is 0 Å². The molecule has 0 fully saturated rings. The van der Waals surface area contributed by atoms with Crippen molar-refractivity contribution in [1.29, 1.82) is 0 Å². The molecule has 3 heteroatoms. The molecule has 1 N–H and O–H groups in total. The van der Waals surface area contributed by atoms with Crippen molar-refractivity contribution in [1.82, 2.24) is 0 Å². The van der Waals surface area contributed by atoms with E-state index in [1.807, 2.05) is 50.2 Å². The Morgan fingerprint density at radius 1 is 0.947 bits per heavy atom. The molecule has 1 amide bonds. The van der Waals surface area contributed by atoms with Gasteiger partial charge in [0, 0.05) is 14.8 Å². The Morgan fingerprint density at radius 3 is 2.26 bits per heavy atom. The van der Waals surface area contributed by atoms with Crippen LogP contribution in [0.2, 0.25) is 0 Å². The first-order valence-electron chi connectivity index (χ1n) is 6.12. The quantitative estimate of drug-likeness (QED) is 0.782. The fourth-order valence-electron chi connectivity index (χ4n) is 1.76. The first-order valence-corrected chi connectivity index (χ1v) is 7.20. The van der Waals surface area contributed by atoms with Gasteiger partial charge < -0.3 is 5.32 Å². The minimum atomic E-state index is -0.0684. The highest BCUT2D eigenvalue weighted by Crippen LogP contribution is 2.17. The van der Waals surface area contributed by atoms with Gasteiger partial charge in [-0.05, 0) is 84.3 Å². The molecular weight excluding hydrogens is 349 g/mol. The van der Waals surface area contributed by atoms with Gasteiger partial charge in [-0.15, -0.1) is 0 Å². The van der Waals surface area contributed by atoms with E-state index in [9.17, 15) is 4.79 Å². The molecule has 98 valence electrons. The van der Waals surface area contributed by atoms with Crippen LogP contribution in [0.15, 0.2) is 36.4 Å². The lowest BCUT2D eigenvalue weighted by molar-refractivity contribution is 0.102. The predicted octanol–water partition coefficient (Wildman–Crippen LogP) is 4.47. The SMILES string of the molecule is Cc1ccc(NC(=O)c2ccc(C)c(I)c2)cc1C. The van der Waals surface area contributed by atoms with Gasteiger partial charge in [0.25, 0.3) is 5.91 Å². The Balaban J connectivity index is 2.20. The summed E-state index contributed by atoms with van der Waals surface area (Å²) in [6.45, 7) is 6.13. The van der Waals surface area contributed by atoms with Crippen molar-refractivity contribution >= 4 is 34.2 Å². The van der Waals surface area contributed by atoms with Crippen molar-refractivity contribution in [3.63, 3.8) is 0 Å².